The first-order valence-electron chi connectivity index (χ1n) is 11.2. The molecule has 0 radical (unpaired) electrons. The molecule has 3 aromatic rings. The summed E-state index contributed by atoms with van der Waals surface area (Å²) in [6, 6.07) is 17.5. The minimum atomic E-state index is -0.689. The van der Waals surface area contributed by atoms with Crippen molar-refractivity contribution in [3.63, 3.8) is 0 Å². The van der Waals surface area contributed by atoms with Crippen molar-refractivity contribution in [1.29, 1.82) is 0 Å². The maximum atomic E-state index is 15.0. The Morgan fingerprint density at radius 2 is 1.70 bits per heavy atom. The summed E-state index contributed by atoms with van der Waals surface area (Å²) < 4.78 is 21.8. The highest BCUT2D eigenvalue weighted by Gasteiger charge is 2.33. The van der Waals surface area contributed by atoms with Gasteiger partial charge >= 0.3 is 0 Å². The van der Waals surface area contributed by atoms with Crippen molar-refractivity contribution in [1.82, 2.24) is 9.47 Å². The molecule has 2 aromatic carbocycles. The third-order valence-electron chi connectivity index (χ3n) is 6.32. The second-order valence-corrected chi connectivity index (χ2v) is 8.32. The van der Waals surface area contributed by atoms with E-state index in [9.17, 15) is 9.90 Å². The third-order valence-corrected chi connectivity index (χ3v) is 6.32. The zero-order valence-corrected chi connectivity index (χ0v) is 19.1. The number of halogens is 1. The van der Waals surface area contributed by atoms with Crippen LogP contribution in [0.25, 0.3) is 0 Å². The lowest BCUT2D eigenvalue weighted by atomic mass is 9.95. The fraction of sp³-hybridized carbons (Fsp3) is 0.346. The Kier molecular flexibility index (Phi) is 7.11. The smallest absolute Gasteiger partial charge is 0.259 e. The van der Waals surface area contributed by atoms with Crippen LogP contribution in [0.2, 0.25) is 0 Å². The zero-order valence-electron chi connectivity index (χ0n) is 19.1. The quantitative estimate of drug-likeness (QED) is 0.595. The highest BCUT2D eigenvalue weighted by atomic mass is 19.1. The van der Waals surface area contributed by atoms with Crippen LogP contribution in [-0.4, -0.2) is 54.5 Å². The number of hydrogen-bond acceptors (Lipinski definition) is 5. The van der Waals surface area contributed by atoms with E-state index in [1.807, 2.05) is 18.2 Å². The molecule has 0 saturated carbocycles. The van der Waals surface area contributed by atoms with Gasteiger partial charge in [0.2, 0.25) is 0 Å². The van der Waals surface area contributed by atoms with Crippen molar-refractivity contribution in [2.24, 2.45) is 0 Å². The lowest BCUT2D eigenvalue weighted by molar-refractivity contribution is 0.183. The summed E-state index contributed by atoms with van der Waals surface area (Å²) in [6.07, 6.45) is 0. The Labute approximate surface area is 193 Å². The van der Waals surface area contributed by atoms with Gasteiger partial charge in [-0.2, -0.15) is 0 Å². The number of aryl methyl sites for hydroxylation is 1. The number of piperazine rings is 1. The monoisotopic (exact) mass is 451 g/mol. The summed E-state index contributed by atoms with van der Waals surface area (Å²) in [4.78, 5) is 17.9. The molecule has 6 nitrogen and oxygen atoms in total. The highest BCUT2D eigenvalue weighted by Crippen LogP contribution is 2.35. The number of ether oxygens (including phenoxy) is 1. The van der Waals surface area contributed by atoms with Crippen molar-refractivity contribution in [3.8, 4) is 5.75 Å². The first-order valence-corrected chi connectivity index (χ1v) is 11.2. The Morgan fingerprint density at radius 1 is 1.03 bits per heavy atom. The number of pyridine rings is 1. The molecule has 7 heteroatoms. The van der Waals surface area contributed by atoms with Gasteiger partial charge in [-0.25, -0.2) is 4.39 Å². The molecule has 1 atom stereocenters. The van der Waals surface area contributed by atoms with Crippen LogP contribution in [0.4, 0.5) is 10.1 Å². The number of benzene rings is 2. The molecule has 0 amide bonds. The Balaban J connectivity index is 1.74. The fourth-order valence-electron chi connectivity index (χ4n) is 4.59. The van der Waals surface area contributed by atoms with Gasteiger partial charge in [-0.3, -0.25) is 9.69 Å². The topological polar surface area (TPSA) is 57.9 Å². The average molecular weight is 452 g/mol. The molecule has 0 bridgehead atoms. The zero-order chi connectivity index (χ0) is 23.4. The van der Waals surface area contributed by atoms with E-state index in [0.717, 1.165) is 18.8 Å². The molecule has 1 saturated heterocycles. The Hall–Kier alpha value is -3.16. The van der Waals surface area contributed by atoms with Crippen molar-refractivity contribution >= 4 is 5.69 Å². The number of aromatic hydroxyl groups is 1. The number of para-hydroxylation sites is 1. The van der Waals surface area contributed by atoms with E-state index in [4.69, 9.17) is 4.74 Å². The van der Waals surface area contributed by atoms with Crippen LogP contribution in [0.5, 0.6) is 5.75 Å². The van der Waals surface area contributed by atoms with Crippen molar-refractivity contribution < 1.29 is 14.2 Å². The van der Waals surface area contributed by atoms with Crippen LogP contribution in [-0.2, 0) is 11.3 Å². The highest BCUT2D eigenvalue weighted by molar-refractivity contribution is 5.47. The summed E-state index contributed by atoms with van der Waals surface area (Å²) in [5.41, 5.74) is 2.05. The van der Waals surface area contributed by atoms with Crippen LogP contribution >= 0.6 is 0 Å². The van der Waals surface area contributed by atoms with Crippen LogP contribution < -0.4 is 10.5 Å². The summed E-state index contributed by atoms with van der Waals surface area (Å²) >= 11 is 0. The van der Waals surface area contributed by atoms with Crippen molar-refractivity contribution in [3.05, 3.63) is 93.7 Å². The number of nitrogens with zero attached hydrogens (tertiary/aromatic N) is 3. The normalized spacial score (nSPS) is 15.5. The summed E-state index contributed by atoms with van der Waals surface area (Å²) in [7, 11) is 1.58. The van der Waals surface area contributed by atoms with Gasteiger partial charge in [-0.05, 0) is 31.2 Å². The predicted molar refractivity (Wildman–Crippen MR) is 127 cm³/mol. The Bertz CT molecular complexity index is 1140. The van der Waals surface area contributed by atoms with E-state index < -0.39 is 11.9 Å². The molecule has 1 fully saturated rings. The largest absolute Gasteiger partial charge is 0.507 e. The molecule has 4 rings (SSSR count). The lowest BCUT2D eigenvalue weighted by Crippen LogP contribution is -2.49. The van der Waals surface area contributed by atoms with Gasteiger partial charge in [0.15, 0.2) is 0 Å². The van der Waals surface area contributed by atoms with Gasteiger partial charge < -0.3 is 19.3 Å². The molecule has 2 heterocycles. The minimum Gasteiger partial charge on any atom is -0.507 e. The molecule has 1 N–H and O–H groups in total. The lowest BCUT2D eigenvalue weighted by Gasteiger charge is -2.40. The number of rotatable bonds is 7. The number of methoxy groups -OCH3 is 1. The summed E-state index contributed by atoms with van der Waals surface area (Å²) in [5, 5.41) is 10.9. The van der Waals surface area contributed by atoms with E-state index in [2.05, 4.69) is 21.9 Å². The van der Waals surface area contributed by atoms with E-state index in [-0.39, 0.29) is 16.9 Å². The van der Waals surface area contributed by atoms with Crippen molar-refractivity contribution in [2.75, 3.05) is 44.8 Å². The molecule has 1 unspecified atom stereocenters. The second kappa shape index (κ2) is 10.2. The molecular weight excluding hydrogens is 421 g/mol. The van der Waals surface area contributed by atoms with Gasteiger partial charge in [0.1, 0.15) is 11.6 Å². The van der Waals surface area contributed by atoms with Gasteiger partial charge in [0.05, 0.1) is 18.2 Å². The Morgan fingerprint density at radius 3 is 2.36 bits per heavy atom. The standard InChI is InChI=1S/C26H30FN3O3/c1-19-18-23(31)24(26(32)30(19)16-17-33-2)25(21-10-6-7-11-22(21)27)29-14-12-28(13-15-29)20-8-4-3-5-9-20/h3-11,18,25,31H,12-17H2,1-2H3. The molecule has 1 aliphatic heterocycles. The van der Waals surface area contributed by atoms with Crippen molar-refractivity contribution in [2.45, 2.75) is 19.5 Å². The minimum absolute atomic E-state index is 0.107. The van der Waals surface area contributed by atoms with Crippen LogP contribution in [0, 0.1) is 12.7 Å². The molecule has 1 aliphatic rings. The molecule has 1 aromatic heterocycles. The fourth-order valence-corrected chi connectivity index (χ4v) is 4.59. The summed E-state index contributed by atoms with van der Waals surface area (Å²) in [6.45, 7) is 5.22. The first kappa shape index (κ1) is 23.0. The van der Waals surface area contributed by atoms with E-state index in [1.54, 1.807) is 42.9 Å². The SMILES string of the molecule is COCCn1c(C)cc(O)c(C(c2ccccc2F)N2CCN(c3ccccc3)CC2)c1=O. The first-order chi connectivity index (χ1) is 16.0. The molecule has 33 heavy (non-hydrogen) atoms. The molecule has 0 spiro atoms. The maximum Gasteiger partial charge on any atom is 0.259 e. The number of aromatic nitrogens is 1. The van der Waals surface area contributed by atoms with Crippen LogP contribution in [0.1, 0.15) is 22.9 Å². The second-order valence-electron chi connectivity index (χ2n) is 8.32. The average Bonchev–Trinajstić information content (AvgIpc) is 2.83. The number of anilines is 1. The molecular formula is C26H30FN3O3. The maximum absolute atomic E-state index is 15.0. The van der Waals surface area contributed by atoms with Gasteiger partial charge in [-0.1, -0.05) is 36.4 Å². The van der Waals surface area contributed by atoms with E-state index in [1.165, 1.54) is 6.07 Å². The van der Waals surface area contributed by atoms with E-state index >= 15 is 4.39 Å². The van der Waals surface area contributed by atoms with Crippen LogP contribution in [0.15, 0.2) is 65.5 Å². The number of hydrogen-bond donors (Lipinski definition) is 1. The predicted octanol–water partition coefficient (Wildman–Crippen LogP) is 3.56. The van der Waals surface area contributed by atoms with Crippen LogP contribution in [0.3, 0.4) is 0 Å². The van der Waals surface area contributed by atoms with Gasteiger partial charge in [0.25, 0.3) is 5.56 Å². The summed E-state index contributed by atoms with van der Waals surface area (Å²) in [5.74, 6) is -0.499. The molecule has 174 valence electrons. The van der Waals surface area contributed by atoms with Gasteiger partial charge in [0, 0.05) is 56.8 Å². The molecule has 0 aliphatic carbocycles. The van der Waals surface area contributed by atoms with Gasteiger partial charge in [-0.15, -0.1) is 0 Å². The third kappa shape index (κ3) is 4.79. The van der Waals surface area contributed by atoms with E-state index in [0.29, 0.717) is 37.5 Å².